The number of nitrogens with two attached hydrogens (primary N) is 1. The lowest BCUT2D eigenvalue weighted by molar-refractivity contribution is 0.588. The summed E-state index contributed by atoms with van der Waals surface area (Å²) in [5, 5.41) is 0. The normalized spacial score (nSPS) is 13.2. The molecule has 0 aliphatic carbocycles. The lowest BCUT2D eigenvalue weighted by Gasteiger charge is -2.27. The quantitative estimate of drug-likeness (QED) is 0.750. The number of anilines is 2. The van der Waals surface area contributed by atoms with Gasteiger partial charge in [0.1, 0.15) is 4.90 Å². The van der Waals surface area contributed by atoms with Crippen LogP contribution in [0.15, 0.2) is 23.1 Å². The predicted octanol–water partition coefficient (Wildman–Crippen LogP) is 1.75. The second-order valence-electron chi connectivity index (χ2n) is 4.67. The third-order valence-corrected chi connectivity index (χ3v) is 5.49. The summed E-state index contributed by atoms with van der Waals surface area (Å²) in [6.45, 7) is 2.14. The van der Waals surface area contributed by atoms with Gasteiger partial charge in [-0.15, -0.1) is 0 Å². The van der Waals surface area contributed by atoms with Crippen molar-refractivity contribution in [3.8, 4) is 0 Å². The number of nitrogen functional groups attached to an aromatic ring is 1. The van der Waals surface area contributed by atoms with Gasteiger partial charge in [-0.3, -0.25) is 0 Å². The lowest BCUT2D eigenvalue weighted by Crippen LogP contribution is -2.29. The number of hydrogen-bond acceptors (Lipinski definition) is 5. The number of nitrogens with zero attached hydrogens (tertiary/aromatic N) is 1. The maximum Gasteiger partial charge on any atom is 0.242 e. The number of rotatable bonds is 7. The topological polar surface area (TPSA) is 75.4 Å². The van der Waals surface area contributed by atoms with Gasteiger partial charge in [-0.05, 0) is 50.6 Å². The highest BCUT2D eigenvalue weighted by atomic mass is 32.2. The molecule has 3 N–H and O–H groups in total. The zero-order valence-electron chi connectivity index (χ0n) is 12.4. The second kappa shape index (κ2) is 7.19. The van der Waals surface area contributed by atoms with Crippen LogP contribution in [0.4, 0.5) is 11.4 Å². The summed E-state index contributed by atoms with van der Waals surface area (Å²) < 4.78 is 25.8. The molecule has 0 aromatic heterocycles. The smallest absolute Gasteiger partial charge is 0.242 e. The molecule has 0 radical (unpaired) electrons. The van der Waals surface area contributed by atoms with Crippen LogP contribution < -0.4 is 15.4 Å². The minimum Gasteiger partial charge on any atom is -0.398 e. The maximum atomic E-state index is 11.8. The van der Waals surface area contributed by atoms with E-state index >= 15 is 0 Å². The lowest BCUT2D eigenvalue weighted by atomic mass is 10.2. The summed E-state index contributed by atoms with van der Waals surface area (Å²) in [4.78, 5) is 2.23. The van der Waals surface area contributed by atoms with E-state index < -0.39 is 10.0 Å². The Morgan fingerprint density at radius 1 is 1.45 bits per heavy atom. The van der Waals surface area contributed by atoms with Crippen molar-refractivity contribution in [2.75, 3.05) is 36.7 Å². The van der Waals surface area contributed by atoms with Crippen molar-refractivity contribution < 1.29 is 8.42 Å². The van der Waals surface area contributed by atoms with E-state index in [-0.39, 0.29) is 10.6 Å². The van der Waals surface area contributed by atoms with Crippen molar-refractivity contribution >= 4 is 33.2 Å². The number of hydrogen-bond donors (Lipinski definition) is 2. The number of benzene rings is 1. The highest BCUT2D eigenvalue weighted by Crippen LogP contribution is 2.25. The molecule has 0 aliphatic heterocycles. The zero-order valence-corrected chi connectivity index (χ0v) is 14.0. The van der Waals surface area contributed by atoms with Crippen molar-refractivity contribution in [1.82, 2.24) is 4.72 Å². The standard InChI is InChI=1S/C13H23N3O2S2/c1-10(7-8-19-4)16(3)11-5-6-13(12(14)9-11)20(17,18)15-2/h5-6,9-10,15H,7-8,14H2,1-4H3. The van der Waals surface area contributed by atoms with Crippen LogP contribution in [0.25, 0.3) is 0 Å². The van der Waals surface area contributed by atoms with Crippen LogP contribution in [0.5, 0.6) is 0 Å². The predicted molar refractivity (Wildman–Crippen MR) is 88.0 cm³/mol. The van der Waals surface area contributed by atoms with Gasteiger partial charge in [0, 0.05) is 18.8 Å². The molecule has 0 amide bonds. The van der Waals surface area contributed by atoms with Gasteiger partial charge >= 0.3 is 0 Å². The van der Waals surface area contributed by atoms with E-state index in [0.717, 1.165) is 17.9 Å². The average Bonchev–Trinajstić information content (AvgIpc) is 2.43. The molecule has 1 aromatic carbocycles. The van der Waals surface area contributed by atoms with Crippen LogP contribution in [0.3, 0.4) is 0 Å². The molecule has 0 spiro atoms. The molecule has 1 aromatic rings. The second-order valence-corrected chi connectivity index (χ2v) is 7.51. The zero-order chi connectivity index (χ0) is 15.3. The summed E-state index contributed by atoms with van der Waals surface area (Å²) in [5.41, 5.74) is 7.06. The third-order valence-electron chi connectivity index (χ3n) is 3.36. The van der Waals surface area contributed by atoms with Gasteiger partial charge in [0.2, 0.25) is 10.0 Å². The Hall–Kier alpha value is -0.920. The van der Waals surface area contributed by atoms with Crippen LogP contribution in [0.1, 0.15) is 13.3 Å². The van der Waals surface area contributed by atoms with Crippen LogP contribution in [0, 0.1) is 0 Å². The number of thioether (sulfide) groups is 1. The molecule has 0 heterocycles. The van der Waals surface area contributed by atoms with Gasteiger partial charge in [0.15, 0.2) is 0 Å². The number of sulfonamides is 1. The minimum absolute atomic E-state index is 0.119. The Bertz CT molecular complexity index is 547. The first-order valence-corrected chi connectivity index (χ1v) is 9.26. The van der Waals surface area contributed by atoms with Crippen LogP contribution >= 0.6 is 11.8 Å². The Morgan fingerprint density at radius 3 is 2.60 bits per heavy atom. The molecule has 1 unspecified atom stereocenters. The third kappa shape index (κ3) is 4.04. The summed E-state index contributed by atoms with van der Waals surface area (Å²) >= 11 is 1.82. The van der Waals surface area contributed by atoms with Gasteiger partial charge < -0.3 is 10.6 Å². The SMILES string of the molecule is CNS(=O)(=O)c1ccc(N(C)C(C)CCSC)cc1N. The Morgan fingerprint density at radius 2 is 2.10 bits per heavy atom. The average molecular weight is 317 g/mol. The Balaban J connectivity index is 2.98. The highest BCUT2D eigenvalue weighted by molar-refractivity contribution is 7.98. The van der Waals surface area contributed by atoms with Crippen molar-refractivity contribution in [1.29, 1.82) is 0 Å². The number of nitrogens with one attached hydrogen (secondary N) is 1. The first-order chi connectivity index (χ1) is 9.33. The van der Waals surface area contributed by atoms with Crippen LogP contribution in [0.2, 0.25) is 0 Å². The van der Waals surface area contributed by atoms with E-state index in [1.807, 2.05) is 18.8 Å². The Labute approximate surface area is 126 Å². The van der Waals surface area contributed by atoms with Gasteiger partial charge in [0.25, 0.3) is 0 Å². The minimum atomic E-state index is -3.50. The molecule has 0 saturated heterocycles. The van der Waals surface area contributed by atoms with Crippen molar-refractivity contribution in [2.24, 2.45) is 0 Å². The van der Waals surface area contributed by atoms with E-state index in [1.165, 1.54) is 7.05 Å². The van der Waals surface area contributed by atoms with E-state index in [9.17, 15) is 8.42 Å². The van der Waals surface area contributed by atoms with E-state index in [0.29, 0.717) is 6.04 Å². The molecule has 5 nitrogen and oxygen atoms in total. The fourth-order valence-corrected chi connectivity index (χ4v) is 3.26. The first kappa shape index (κ1) is 17.1. The van der Waals surface area contributed by atoms with E-state index in [4.69, 9.17) is 5.73 Å². The molecule has 0 fully saturated rings. The molecule has 7 heteroatoms. The summed E-state index contributed by atoms with van der Waals surface area (Å²) in [6.07, 6.45) is 3.15. The Kier molecular flexibility index (Phi) is 6.16. The summed E-state index contributed by atoms with van der Waals surface area (Å²) in [6, 6.07) is 5.41. The molecule has 0 bridgehead atoms. The molecule has 114 valence electrons. The van der Waals surface area contributed by atoms with E-state index in [2.05, 4.69) is 22.8 Å². The molecule has 1 atom stereocenters. The molecule has 20 heavy (non-hydrogen) atoms. The molecule has 0 saturated carbocycles. The van der Waals surface area contributed by atoms with Gasteiger partial charge in [-0.1, -0.05) is 0 Å². The van der Waals surface area contributed by atoms with Crippen molar-refractivity contribution in [3.05, 3.63) is 18.2 Å². The first-order valence-electron chi connectivity index (χ1n) is 6.38. The highest BCUT2D eigenvalue weighted by Gasteiger charge is 2.17. The van der Waals surface area contributed by atoms with E-state index in [1.54, 1.807) is 18.2 Å². The molecular formula is C13H23N3O2S2. The van der Waals surface area contributed by atoms with Crippen LogP contribution in [-0.2, 0) is 10.0 Å². The van der Waals surface area contributed by atoms with Crippen molar-refractivity contribution in [2.45, 2.75) is 24.3 Å². The van der Waals surface area contributed by atoms with Gasteiger partial charge in [-0.25, -0.2) is 13.1 Å². The largest absolute Gasteiger partial charge is 0.398 e. The molecule has 0 aliphatic rings. The van der Waals surface area contributed by atoms with Gasteiger partial charge in [0.05, 0.1) is 5.69 Å². The fourth-order valence-electron chi connectivity index (χ4n) is 1.85. The molecule has 1 rings (SSSR count). The molecular weight excluding hydrogens is 294 g/mol. The summed E-state index contributed by atoms with van der Waals surface area (Å²) in [7, 11) is -0.136. The summed E-state index contributed by atoms with van der Waals surface area (Å²) in [5.74, 6) is 1.09. The van der Waals surface area contributed by atoms with Crippen molar-refractivity contribution in [3.63, 3.8) is 0 Å². The van der Waals surface area contributed by atoms with Gasteiger partial charge in [-0.2, -0.15) is 11.8 Å². The fraction of sp³-hybridized carbons (Fsp3) is 0.538. The van der Waals surface area contributed by atoms with Crippen LogP contribution in [-0.4, -0.2) is 40.6 Å². The maximum absolute atomic E-state index is 11.8. The monoisotopic (exact) mass is 317 g/mol.